The van der Waals surface area contributed by atoms with Gasteiger partial charge in [-0.25, -0.2) is 0 Å². The summed E-state index contributed by atoms with van der Waals surface area (Å²) in [5.74, 6) is 0.0503. The molecule has 0 aromatic heterocycles. The van der Waals surface area contributed by atoms with Gasteiger partial charge >= 0.3 is 0 Å². The number of carbonyl (C=O) groups is 1. The molecule has 0 saturated carbocycles. The molecule has 3 nitrogen and oxygen atoms in total. The number of nitrogens with two attached hydrogens (primary N) is 1. The Balaban J connectivity index is 2.37. The smallest absolute Gasteiger partial charge is 0.255 e. The molecule has 0 fully saturated rings. The zero-order chi connectivity index (χ0) is 13.1. The van der Waals surface area contributed by atoms with Gasteiger partial charge in [0.25, 0.3) is 5.91 Å². The molecule has 3 heteroatoms. The van der Waals surface area contributed by atoms with Crippen LogP contribution in [0.4, 0.5) is 0 Å². The molecule has 2 N–H and O–H groups in total. The Hall–Kier alpha value is -1.61. The van der Waals surface area contributed by atoms with Crippen molar-refractivity contribution in [3.8, 4) is 0 Å². The van der Waals surface area contributed by atoms with Gasteiger partial charge in [-0.2, -0.15) is 0 Å². The molecular weight excluding hydrogens is 224 g/mol. The lowest BCUT2D eigenvalue weighted by atomic mass is 9.95. The molecular formula is C15H20N2O. The molecule has 1 heterocycles. The average Bonchev–Trinajstić information content (AvgIpc) is 2.37. The lowest BCUT2D eigenvalue weighted by molar-refractivity contribution is 0.0589. The molecule has 0 saturated heterocycles. The van der Waals surface area contributed by atoms with E-state index in [-0.39, 0.29) is 18.1 Å². The van der Waals surface area contributed by atoms with Crippen LogP contribution in [-0.2, 0) is 6.42 Å². The molecule has 0 radical (unpaired) electrons. The number of amides is 1. The summed E-state index contributed by atoms with van der Waals surface area (Å²) in [5.41, 5.74) is 8.01. The number of hydrogen-bond donors (Lipinski definition) is 1. The van der Waals surface area contributed by atoms with E-state index < -0.39 is 0 Å². The summed E-state index contributed by atoms with van der Waals surface area (Å²) < 4.78 is 0. The van der Waals surface area contributed by atoms with Crippen molar-refractivity contribution >= 4 is 5.91 Å². The first kappa shape index (κ1) is 12.8. The van der Waals surface area contributed by atoms with Crippen LogP contribution in [0.5, 0.6) is 0 Å². The first-order valence-corrected chi connectivity index (χ1v) is 6.48. The molecule has 1 aliphatic heterocycles. The predicted octanol–water partition coefficient (Wildman–Crippen LogP) is 2.32. The first-order chi connectivity index (χ1) is 8.69. The number of benzene rings is 1. The van der Waals surface area contributed by atoms with Crippen LogP contribution < -0.4 is 5.73 Å². The fraction of sp³-hybridized carbons (Fsp3) is 0.400. The molecule has 0 bridgehead atoms. The maximum atomic E-state index is 12.5. The number of allylic oxidation sites excluding steroid dienone is 1. The van der Waals surface area contributed by atoms with Crippen LogP contribution in [-0.4, -0.2) is 23.0 Å². The van der Waals surface area contributed by atoms with E-state index in [0.717, 1.165) is 24.0 Å². The van der Waals surface area contributed by atoms with Gasteiger partial charge in [-0.05, 0) is 25.0 Å². The van der Waals surface area contributed by atoms with Gasteiger partial charge < -0.3 is 10.6 Å². The van der Waals surface area contributed by atoms with E-state index in [2.05, 4.69) is 6.92 Å². The van der Waals surface area contributed by atoms with Crippen molar-refractivity contribution in [1.29, 1.82) is 0 Å². The monoisotopic (exact) mass is 244 g/mol. The van der Waals surface area contributed by atoms with Crippen molar-refractivity contribution in [3.05, 3.63) is 47.5 Å². The SMILES string of the molecule is CC=CC(CC)N1C(=O)c2ccccc2CC1N. The maximum absolute atomic E-state index is 12.5. The van der Waals surface area contributed by atoms with Gasteiger partial charge in [-0.3, -0.25) is 4.79 Å². The highest BCUT2D eigenvalue weighted by atomic mass is 16.2. The minimum Gasteiger partial charge on any atom is -0.317 e. The summed E-state index contributed by atoms with van der Waals surface area (Å²) in [6.45, 7) is 4.04. The van der Waals surface area contributed by atoms with Gasteiger partial charge in [0.1, 0.15) is 0 Å². The Morgan fingerprint density at radius 1 is 1.50 bits per heavy atom. The summed E-state index contributed by atoms with van der Waals surface area (Å²) in [6.07, 6.45) is 5.41. The van der Waals surface area contributed by atoms with Crippen molar-refractivity contribution in [3.63, 3.8) is 0 Å². The zero-order valence-electron chi connectivity index (χ0n) is 11.0. The van der Waals surface area contributed by atoms with Crippen LogP contribution >= 0.6 is 0 Å². The highest BCUT2D eigenvalue weighted by molar-refractivity contribution is 5.97. The summed E-state index contributed by atoms with van der Waals surface area (Å²) >= 11 is 0. The molecule has 1 aromatic carbocycles. The minimum atomic E-state index is -0.228. The zero-order valence-corrected chi connectivity index (χ0v) is 11.0. The highest BCUT2D eigenvalue weighted by Crippen LogP contribution is 2.24. The van der Waals surface area contributed by atoms with E-state index >= 15 is 0 Å². The van der Waals surface area contributed by atoms with Gasteiger partial charge in [0.05, 0.1) is 12.2 Å². The molecule has 1 aromatic rings. The van der Waals surface area contributed by atoms with Crippen LogP contribution in [0.1, 0.15) is 36.2 Å². The fourth-order valence-electron chi connectivity index (χ4n) is 2.56. The second-order valence-electron chi connectivity index (χ2n) is 4.64. The van der Waals surface area contributed by atoms with E-state index in [9.17, 15) is 4.79 Å². The van der Waals surface area contributed by atoms with Gasteiger partial charge in [-0.15, -0.1) is 0 Å². The second-order valence-corrected chi connectivity index (χ2v) is 4.64. The van der Waals surface area contributed by atoms with Crippen molar-refractivity contribution in [2.24, 2.45) is 5.73 Å². The lowest BCUT2D eigenvalue weighted by Crippen LogP contribution is -2.54. The van der Waals surface area contributed by atoms with Crippen LogP contribution in [0, 0.1) is 0 Å². The third kappa shape index (κ3) is 2.18. The third-order valence-electron chi connectivity index (χ3n) is 3.46. The van der Waals surface area contributed by atoms with Gasteiger partial charge in [-0.1, -0.05) is 37.3 Å². The summed E-state index contributed by atoms with van der Waals surface area (Å²) in [5, 5.41) is 0. The largest absolute Gasteiger partial charge is 0.317 e. The minimum absolute atomic E-state index is 0.0503. The predicted molar refractivity (Wildman–Crippen MR) is 73.2 cm³/mol. The topological polar surface area (TPSA) is 46.3 Å². The lowest BCUT2D eigenvalue weighted by Gasteiger charge is -2.38. The molecule has 0 aliphatic carbocycles. The van der Waals surface area contributed by atoms with Crippen LogP contribution in [0.2, 0.25) is 0 Å². The number of nitrogens with zero attached hydrogens (tertiary/aromatic N) is 1. The standard InChI is InChI=1S/C15H20N2O/c1-3-7-12(4-2)17-14(16)10-11-8-5-6-9-13(11)15(17)18/h3,5-9,12,14H,4,10,16H2,1-2H3. The number of fused-ring (bicyclic) bond motifs is 1. The normalized spacial score (nSPS) is 21.2. The fourth-order valence-corrected chi connectivity index (χ4v) is 2.56. The molecule has 1 amide bonds. The average molecular weight is 244 g/mol. The summed E-state index contributed by atoms with van der Waals surface area (Å²) in [6, 6.07) is 7.82. The molecule has 2 unspecified atom stereocenters. The van der Waals surface area contributed by atoms with E-state index in [1.807, 2.05) is 48.2 Å². The van der Waals surface area contributed by atoms with E-state index in [4.69, 9.17) is 5.73 Å². The van der Waals surface area contributed by atoms with Crippen molar-refractivity contribution in [2.75, 3.05) is 0 Å². The van der Waals surface area contributed by atoms with Crippen molar-refractivity contribution in [2.45, 2.75) is 38.9 Å². The number of hydrogen-bond acceptors (Lipinski definition) is 2. The van der Waals surface area contributed by atoms with Crippen LogP contribution in [0.15, 0.2) is 36.4 Å². The Bertz CT molecular complexity index is 467. The van der Waals surface area contributed by atoms with Crippen molar-refractivity contribution in [1.82, 2.24) is 4.90 Å². The molecule has 1 aliphatic rings. The Morgan fingerprint density at radius 2 is 2.22 bits per heavy atom. The Kier molecular flexibility index (Phi) is 3.82. The maximum Gasteiger partial charge on any atom is 0.255 e. The summed E-state index contributed by atoms with van der Waals surface area (Å²) in [7, 11) is 0. The Labute approximate surface area is 108 Å². The van der Waals surface area contributed by atoms with Crippen molar-refractivity contribution < 1.29 is 4.79 Å². The van der Waals surface area contributed by atoms with Gasteiger partial charge in [0, 0.05) is 12.0 Å². The molecule has 96 valence electrons. The van der Waals surface area contributed by atoms with Crippen LogP contribution in [0.3, 0.4) is 0 Å². The number of carbonyl (C=O) groups excluding carboxylic acids is 1. The van der Waals surface area contributed by atoms with Crippen LogP contribution in [0.25, 0.3) is 0 Å². The van der Waals surface area contributed by atoms with E-state index in [0.29, 0.717) is 0 Å². The highest BCUT2D eigenvalue weighted by Gasteiger charge is 2.32. The number of rotatable bonds is 3. The molecule has 2 rings (SSSR count). The Morgan fingerprint density at radius 3 is 2.89 bits per heavy atom. The van der Waals surface area contributed by atoms with Gasteiger partial charge in [0.2, 0.25) is 0 Å². The molecule has 18 heavy (non-hydrogen) atoms. The van der Waals surface area contributed by atoms with E-state index in [1.54, 1.807) is 0 Å². The quantitative estimate of drug-likeness (QED) is 0.829. The molecule has 0 spiro atoms. The van der Waals surface area contributed by atoms with Gasteiger partial charge in [0.15, 0.2) is 0 Å². The second kappa shape index (κ2) is 5.36. The van der Waals surface area contributed by atoms with E-state index in [1.165, 1.54) is 0 Å². The summed E-state index contributed by atoms with van der Waals surface area (Å²) in [4.78, 5) is 14.3. The first-order valence-electron chi connectivity index (χ1n) is 6.48. The third-order valence-corrected chi connectivity index (χ3v) is 3.46. The molecule has 2 atom stereocenters.